The first kappa shape index (κ1) is 18.9. The number of nitrogens with one attached hydrogen (secondary N) is 2. The fourth-order valence-electron chi connectivity index (χ4n) is 2.83. The molecule has 1 aromatic rings. The Hall–Kier alpha value is -2.90. The van der Waals surface area contributed by atoms with Crippen molar-refractivity contribution >= 4 is 23.8 Å². The van der Waals surface area contributed by atoms with Gasteiger partial charge in [0.1, 0.15) is 12.1 Å². The van der Waals surface area contributed by atoms with Crippen molar-refractivity contribution in [2.75, 3.05) is 6.54 Å². The lowest BCUT2D eigenvalue weighted by atomic mass is 9.99. The van der Waals surface area contributed by atoms with Crippen molar-refractivity contribution < 1.29 is 23.9 Å². The van der Waals surface area contributed by atoms with Gasteiger partial charge in [-0.2, -0.15) is 0 Å². The zero-order valence-corrected chi connectivity index (χ0v) is 15.4. The van der Waals surface area contributed by atoms with Gasteiger partial charge in [0.25, 0.3) is 11.8 Å². The highest BCUT2D eigenvalue weighted by Crippen LogP contribution is 2.24. The molecule has 2 fully saturated rings. The average molecular weight is 373 g/mol. The first-order valence-electron chi connectivity index (χ1n) is 9.03. The fraction of sp³-hybridized carbons (Fsp3) is 0.474. The van der Waals surface area contributed by atoms with Gasteiger partial charge in [-0.05, 0) is 26.2 Å². The summed E-state index contributed by atoms with van der Waals surface area (Å²) in [6.07, 6.45) is 1.08. The van der Waals surface area contributed by atoms with E-state index in [0.29, 0.717) is 12.0 Å². The van der Waals surface area contributed by atoms with Crippen LogP contribution in [0.1, 0.15) is 44.8 Å². The van der Waals surface area contributed by atoms with Gasteiger partial charge >= 0.3 is 12.0 Å². The molecule has 1 aliphatic carbocycles. The maximum absolute atomic E-state index is 12.5. The van der Waals surface area contributed by atoms with E-state index in [9.17, 15) is 19.2 Å². The van der Waals surface area contributed by atoms with Crippen LogP contribution in [0.15, 0.2) is 30.3 Å². The molecule has 1 aromatic carbocycles. The van der Waals surface area contributed by atoms with Crippen LogP contribution in [0.25, 0.3) is 0 Å². The molecule has 2 aliphatic rings. The number of carbonyl (C=O) groups is 4. The molecule has 2 atom stereocenters. The average Bonchev–Trinajstić information content (AvgIpc) is 3.44. The predicted molar refractivity (Wildman–Crippen MR) is 95.4 cm³/mol. The molecule has 0 radical (unpaired) electrons. The third-order valence-corrected chi connectivity index (χ3v) is 4.85. The van der Waals surface area contributed by atoms with Gasteiger partial charge in [0.2, 0.25) is 6.10 Å². The normalized spacial score (nSPS) is 23.0. The molecule has 3 rings (SSSR count). The van der Waals surface area contributed by atoms with Crippen molar-refractivity contribution in [2.24, 2.45) is 0 Å². The van der Waals surface area contributed by atoms with E-state index in [1.165, 1.54) is 0 Å². The van der Waals surface area contributed by atoms with Gasteiger partial charge in [-0.3, -0.25) is 19.3 Å². The van der Waals surface area contributed by atoms with E-state index < -0.39 is 42.0 Å². The second kappa shape index (κ2) is 7.38. The Labute approximate surface area is 157 Å². The molecule has 0 aromatic heterocycles. The third kappa shape index (κ3) is 4.10. The molecule has 0 unspecified atom stereocenters. The zero-order valence-electron chi connectivity index (χ0n) is 15.4. The van der Waals surface area contributed by atoms with Crippen molar-refractivity contribution in [2.45, 2.75) is 50.8 Å². The first-order chi connectivity index (χ1) is 12.8. The minimum Gasteiger partial charge on any atom is -0.446 e. The molecule has 1 saturated carbocycles. The van der Waals surface area contributed by atoms with Gasteiger partial charge < -0.3 is 15.4 Å². The Morgan fingerprint density at radius 2 is 1.96 bits per heavy atom. The van der Waals surface area contributed by atoms with E-state index in [-0.39, 0.29) is 6.04 Å². The van der Waals surface area contributed by atoms with Crippen molar-refractivity contribution in [3.05, 3.63) is 35.9 Å². The smallest absolute Gasteiger partial charge is 0.327 e. The molecule has 27 heavy (non-hydrogen) atoms. The third-order valence-electron chi connectivity index (χ3n) is 4.85. The minimum absolute atomic E-state index is 0.110. The Balaban J connectivity index is 1.70. The standard InChI is InChI=1S/C19H23N3O5/c1-3-19(2)17(25)22(18(26)21-19)11-14(23)27-15(12-7-5-4-6-8-12)16(24)20-13-9-10-13/h4-8,13,15H,3,9-11H2,1-2H3,(H,20,24)(H,21,26)/t15-,19-/m0/s1. The molecule has 144 valence electrons. The summed E-state index contributed by atoms with van der Waals surface area (Å²) < 4.78 is 5.36. The van der Waals surface area contributed by atoms with Crippen LogP contribution < -0.4 is 10.6 Å². The first-order valence-corrected chi connectivity index (χ1v) is 9.03. The van der Waals surface area contributed by atoms with E-state index in [1.54, 1.807) is 44.2 Å². The highest BCUT2D eigenvalue weighted by molar-refractivity contribution is 6.08. The molecule has 1 heterocycles. The Morgan fingerprint density at radius 1 is 1.30 bits per heavy atom. The van der Waals surface area contributed by atoms with Crippen LogP contribution in [0, 0.1) is 0 Å². The van der Waals surface area contributed by atoms with E-state index in [0.717, 1.165) is 17.7 Å². The summed E-state index contributed by atoms with van der Waals surface area (Å²) in [5.74, 6) is -1.71. The molecule has 2 N–H and O–H groups in total. The van der Waals surface area contributed by atoms with Crippen LogP contribution in [-0.2, 0) is 19.1 Å². The number of imide groups is 1. The number of hydrogen-bond acceptors (Lipinski definition) is 5. The number of urea groups is 1. The van der Waals surface area contributed by atoms with Crippen molar-refractivity contribution in [3.63, 3.8) is 0 Å². The largest absolute Gasteiger partial charge is 0.446 e. The summed E-state index contributed by atoms with van der Waals surface area (Å²) in [5, 5.41) is 5.39. The summed E-state index contributed by atoms with van der Waals surface area (Å²) >= 11 is 0. The van der Waals surface area contributed by atoms with Gasteiger partial charge in [0.15, 0.2) is 0 Å². The molecule has 1 saturated heterocycles. The number of benzene rings is 1. The second-order valence-electron chi connectivity index (χ2n) is 7.07. The van der Waals surface area contributed by atoms with Crippen molar-refractivity contribution in [3.8, 4) is 0 Å². The summed E-state index contributed by atoms with van der Waals surface area (Å²) in [7, 11) is 0. The van der Waals surface area contributed by atoms with Crippen LogP contribution in [0.5, 0.6) is 0 Å². The molecule has 8 heteroatoms. The van der Waals surface area contributed by atoms with Crippen LogP contribution in [0.2, 0.25) is 0 Å². The lowest BCUT2D eigenvalue weighted by Gasteiger charge is -2.21. The number of hydrogen-bond donors (Lipinski definition) is 2. The molecule has 0 spiro atoms. The Kier molecular flexibility index (Phi) is 5.16. The summed E-state index contributed by atoms with van der Waals surface area (Å²) in [6, 6.07) is 8.12. The number of nitrogens with zero attached hydrogens (tertiary/aromatic N) is 1. The van der Waals surface area contributed by atoms with Crippen LogP contribution >= 0.6 is 0 Å². The van der Waals surface area contributed by atoms with Crippen LogP contribution in [-0.4, -0.2) is 46.8 Å². The summed E-state index contributed by atoms with van der Waals surface area (Å²) in [6.45, 7) is 2.84. The predicted octanol–water partition coefficient (Wildman–Crippen LogP) is 1.27. The zero-order chi connectivity index (χ0) is 19.6. The van der Waals surface area contributed by atoms with Crippen molar-refractivity contribution in [1.29, 1.82) is 0 Å². The summed E-state index contributed by atoms with van der Waals surface area (Å²) in [5.41, 5.74) is -0.501. The Bertz CT molecular complexity index is 762. The molecule has 4 amide bonds. The summed E-state index contributed by atoms with van der Waals surface area (Å²) in [4.78, 5) is 50.2. The van der Waals surface area contributed by atoms with Gasteiger partial charge in [-0.15, -0.1) is 0 Å². The molecule has 1 aliphatic heterocycles. The maximum atomic E-state index is 12.5. The lowest BCUT2D eigenvalue weighted by molar-refractivity contribution is -0.158. The Morgan fingerprint density at radius 3 is 2.52 bits per heavy atom. The number of carbonyl (C=O) groups excluding carboxylic acids is 4. The highest BCUT2D eigenvalue weighted by Gasteiger charge is 2.47. The van der Waals surface area contributed by atoms with Crippen molar-refractivity contribution in [1.82, 2.24) is 15.5 Å². The minimum atomic E-state index is -1.13. The molecule has 8 nitrogen and oxygen atoms in total. The number of rotatable bonds is 7. The topological polar surface area (TPSA) is 105 Å². The van der Waals surface area contributed by atoms with Crippen LogP contribution in [0.4, 0.5) is 4.79 Å². The second-order valence-corrected chi connectivity index (χ2v) is 7.07. The molecule has 0 bridgehead atoms. The van der Waals surface area contributed by atoms with E-state index >= 15 is 0 Å². The lowest BCUT2D eigenvalue weighted by Crippen LogP contribution is -2.44. The molecular formula is C19H23N3O5. The highest BCUT2D eigenvalue weighted by atomic mass is 16.5. The van der Waals surface area contributed by atoms with Gasteiger partial charge in [0.05, 0.1) is 0 Å². The number of esters is 1. The number of ether oxygens (including phenoxy) is 1. The number of amides is 4. The van der Waals surface area contributed by atoms with E-state index in [2.05, 4.69) is 10.6 Å². The van der Waals surface area contributed by atoms with Gasteiger partial charge in [-0.1, -0.05) is 37.3 Å². The van der Waals surface area contributed by atoms with E-state index in [4.69, 9.17) is 4.74 Å². The molecular weight excluding hydrogens is 350 g/mol. The van der Waals surface area contributed by atoms with Gasteiger partial charge in [-0.25, -0.2) is 4.79 Å². The fourth-order valence-corrected chi connectivity index (χ4v) is 2.83. The van der Waals surface area contributed by atoms with Gasteiger partial charge in [0, 0.05) is 11.6 Å². The SMILES string of the molecule is CC[C@]1(C)NC(=O)N(CC(=O)O[C@H](C(=O)NC2CC2)c2ccccc2)C1=O. The quantitative estimate of drug-likeness (QED) is 0.553. The monoisotopic (exact) mass is 373 g/mol. The maximum Gasteiger partial charge on any atom is 0.327 e. The van der Waals surface area contributed by atoms with E-state index in [1.807, 2.05) is 0 Å². The van der Waals surface area contributed by atoms with Crippen LogP contribution in [0.3, 0.4) is 0 Å².